The van der Waals surface area contributed by atoms with E-state index >= 15 is 0 Å². The van der Waals surface area contributed by atoms with E-state index in [1.54, 1.807) is 18.2 Å². The zero-order valence-corrected chi connectivity index (χ0v) is 12.8. The summed E-state index contributed by atoms with van der Waals surface area (Å²) in [4.78, 5) is 14.0. The molecule has 0 spiro atoms. The average molecular weight is 309 g/mol. The number of likely N-dealkylation sites (tertiary alicyclic amines) is 1. The van der Waals surface area contributed by atoms with Crippen molar-refractivity contribution in [1.29, 1.82) is 0 Å². The zero-order chi connectivity index (χ0) is 15.1. The molecule has 0 aromatic heterocycles. The second-order valence-corrected chi connectivity index (χ2v) is 5.57. The first-order valence-electron chi connectivity index (χ1n) is 7.20. The van der Waals surface area contributed by atoms with Crippen LogP contribution < -0.4 is 5.32 Å². The van der Waals surface area contributed by atoms with Crippen LogP contribution >= 0.6 is 11.6 Å². The van der Waals surface area contributed by atoms with Crippen LogP contribution in [0, 0.1) is 5.92 Å². The molecule has 1 aromatic rings. The number of piperidine rings is 1. The molecule has 0 aliphatic carbocycles. The van der Waals surface area contributed by atoms with Crippen LogP contribution in [0.1, 0.15) is 12.8 Å². The molecule has 4 nitrogen and oxygen atoms in total. The Morgan fingerprint density at radius 2 is 2.14 bits per heavy atom. The van der Waals surface area contributed by atoms with Crippen molar-refractivity contribution in [3.8, 4) is 0 Å². The SMILES string of the molecule is C=CCOCC1CCN(C(=O)Nc2ccccc2Cl)CC1. The number of ether oxygens (including phenoxy) is 1. The number of nitrogens with zero attached hydrogens (tertiary/aromatic N) is 1. The van der Waals surface area contributed by atoms with E-state index in [0.717, 1.165) is 32.5 Å². The quantitative estimate of drug-likeness (QED) is 0.664. The van der Waals surface area contributed by atoms with Gasteiger partial charge in [0.25, 0.3) is 0 Å². The van der Waals surface area contributed by atoms with Gasteiger partial charge in [0.15, 0.2) is 0 Å². The number of anilines is 1. The number of benzene rings is 1. The molecule has 0 bridgehead atoms. The molecule has 21 heavy (non-hydrogen) atoms. The monoisotopic (exact) mass is 308 g/mol. The van der Waals surface area contributed by atoms with Gasteiger partial charge in [-0.15, -0.1) is 6.58 Å². The maximum absolute atomic E-state index is 12.2. The van der Waals surface area contributed by atoms with E-state index in [2.05, 4.69) is 11.9 Å². The molecule has 1 saturated heterocycles. The third-order valence-electron chi connectivity index (χ3n) is 3.61. The van der Waals surface area contributed by atoms with Crippen LogP contribution in [0.15, 0.2) is 36.9 Å². The van der Waals surface area contributed by atoms with Gasteiger partial charge >= 0.3 is 6.03 Å². The smallest absolute Gasteiger partial charge is 0.321 e. The molecule has 0 saturated carbocycles. The molecular weight excluding hydrogens is 288 g/mol. The lowest BCUT2D eigenvalue weighted by Crippen LogP contribution is -2.41. The molecule has 1 aliphatic heterocycles. The Morgan fingerprint density at radius 1 is 1.43 bits per heavy atom. The van der Waals surface area contributed by atoms with E-state index < -0.39 is 0 Å². The third kappa shape index (κ3) is 4.76. The van der Waals surface area contributed by atoms with Crippen LogP contribution in [-0.2, 0) is 4.74 Å². The predicted molar refractivity (Wildman–Crippen MR) is 85.8 cm³/mol. The molecule has 1 heterocycles. The van der Waals surface area contributed by atoms with Gasteiger partial charge in [0.2, 0.25) is 0 Å². The van der Waals surface area contributed by atoms with Gasteiger partial charge in [-0.25, -0.2) is 4.79 Å². The highest BCUT2D eigenvalue weighted by Crippen LogP contribution is 2.22. The first-order chi connectivity index (χ1) is 10.2. The number of hydrogen-bond donors (Lipinski definition) is 1. The van der Waals surface area contributed by atoms with Crippen LogP contribution in [0.5, 0.6) is 0 Å². The number of nitrogens with one attached hydrogen (secondary N) is 1. The summed E-state index contributed by atoms with van der Waals surface area (Å²) >= 11 is 6.04. The normalized spacial score (nSPS) is 15.8. The largest absolute Gasteiger partial charge is 0.377 e. The van der Waals surface area contributed by atoms with Crippen molar-refractivity contribution in [1.82, 2.24) is 4.90 Å². The number of carbonyl (C=O) groups excluding carboxylic acids is 1. The van der Waals surface area contributed by atoms with E-state index in [-0.39, 0.29) is 6.03 Å². The summed E-state index contributed by atoms with van der Waals surface area (Å²) < 4.78 is 5.47. The van der Waals surface area contributed by atoms with Crippen molar-refractivity contribution in [2.24, 2.45) is 5.92 Å². The summed E-state index contributed by atoms with van der Waals surface area (Å²) in [5.41, 5.74) is 0.653. The van der Waals surface area contributed by atoms with Gasteiger partial charge in [-0.1, -0.05) is 29.8 Å². The number of rotatable bonds is 5. The maximum atomic E-state index is 12.2. The highest BCUT2D eigenvalue weighted by Gasteiger charge is 2.23. The molecule has 0 atom stereocenters. The molecule has 1 aliphatic rings. The summed E-state index contributed by atoms with van der Waals surface area (Å²) in [7, 11) is 0. The fourth-order valence-corrected chi connectivity index (χ4v) is 2.56. The first kappa shape index (κ1) is 15.9. The summed E-state index contributed by atoms with van der Waals surface area (Å²) in [6, 6.07) is 7.17. The molecule has 114 valence electrons. The van der Waals surface area contributed by atoms with E-state index in [0.29, 0.717) is 23.2 Å². The van der Waals surface area contributed by atoms with Crippen LogP contribution in [0.3, 0.4) is 0 Å². The van der Waals surface area contributed by atoms with Gasteiger partial charge in [-0.2, -0.15) is 0 Å². The number of halogens is 1. The van der Waals surface area contributed by atoms with Crippen molar-refractivity contribution in [2.45, 2.75) is 12.8 Å². The van der Waals surface area contributed by atoms with E-state index in [1.165, 1.54) is 0 Å². The molecule has 2 amide bonds. The summed E-state index contributed by atoms with van der Waals surface area (Å²) in [5.74, 6) is 0.523. The lowest BCUT2D eigenvalue weighted by molar-refractivity contribution is 0.0906. The first-order valence-corrected chi connectivity index (χ1v) is 7.57. The van der Waals surface area contributed by atoms with Crippen LogP contribution in [-0.4, -0.2) is 37.2 Å². The minimum Gasteiger partial charge on any atom is -0.377 e. The Balaban J connectivity index is 1.78. The van der Waals surface area contributed by atoms with Crippen LogP contribution in [0.4, 0.5) is 10.5 Å². The molecule has 1 N–H and O–H groups in total. The second-order valence-electron chi connectivity index (χ2n) is 5.17. The fraction of sp³-hybridized carbons (Fsp3) is 0.438. The van der Waals surface area contributed by atoms with Gasteiger partial charge in [-0.3, -0.25) is 0 Å². The number of amides is 2. The summed E-state index contributed by atoms with van der Waals surface area (Å²) in [6.07, 6.45) is 3.69. The van der Waals surface area contributed by atoms with Gasteiger partial charge in [0.1, 0.15) is 0 Å². The Labute approximate surface area is 130 Å². The van der Waals surface area contributed by atoms with Gasteiger partial charge in [0, 0.05) is 19.7 Å². The van der Waals surface area contributed by atoms with Gasteiger partial charge < -0.3 is 15.0 Å². The summed E-state index contributed by atoms with van der Waals surface area (Å²) in [6.45, 7) is 6.46. The molecule has 2 rings (SSSR count). The van der Waals surface area contributed by atoms with E-state index in [4.69, 9.17) is 16.3 Å². The molecule has 0 unspecified atom stereocenters. The minimum atomic E-state index is -0.0893. The standard InChI is InChI=1S/C16H21ClN2O2/c1-2-11-21-12-13-7-9-19(10-8-13)16(20)18-15-6-4-3-5-14(15)17/h2-6,13H,1,7-12H2,(H,18,20). The van der Waals surface area contributed by atoms with Crippen molar-refractivity contribution in [2.75, 3.05) is 31.6 Å². The maximum Gasteiger partial charge on any atom is 0.321 e. The van der Waals surface area contributed by atoms with E-state index in [1.807, 2.05) is 17.0 Å². The lowest BCUT2D eigenvalue weighted by Gasteiger charge is -2.31. The van der Waals surface area contributed by atoms with Crippen LogP contribution in [0.25, 0.3) is 0 Å². The Hall–Kier alpha value is -1.52. The molecule has 0 radical (unpaired) electrons. The average Bonchev–Trinajstić information content (AvgIpc) is 2.50. The van der Waals surface area contributed by atoms with Crippen LogP contribution in [0.2, 0.25) is 5.02 Å². The topological polar surface area (TPSA) is 41.6 Å². The molecule has 1 aromatic carbocycles. The second kappa shape index (κ2) is 8.05. The molecular formula is C16H21ClN2O2. The zero-order valence-electron chi connectivity index (χ0n) is 12.1. The fourth-order valence-electron chi connectivity index (χ4n) is 2.38. The molecule has 1 fully saturated rings. The van der Waals surface area contributed by atoms with E-state index in [9.17, 15) is 4.79 Å². The molecule has 5 heteroatoms. The number of urea groups is 1. The van der Waals surface area contributed by atoms with Crippen molar-refractivity contribution >= 4 is 23.3 Å². The highest BCUT2D eigenvalue weighted by atomic mass is 35.5. The Morgan fingerprint density at radius 3 is 2.81 bits per heavy atom. The number of hydrogen-bond acceptors (Lipinski definition) is 2. The summed E-state index contributed by atoms with van der Waals surface area (Å²) in [5, 5.41) is 3.41. The Kier molecular flexibility index (Phi) is 6.08. The Bertz CT molecular complexity index is 485. The van der Waals surface area contributed by atoms with Crippen molar-refractivity contribution in [3.05, 3.63) is 41.9 Å². The highest BCUT2D eigenvalue weighted by molar-refractivity contribution is 6.33. The van der Waals surface area contributed by atoms with Crippen molar-refractivity contribution in [3.63, 3.8) is 0 Å². The van der Waals surface area contributed by atoms with Crippen molar-refractivity contribution < 1.29 is 9.53 Å². The number of para-hydroxylation sites is 1. The van der Waals surface area contributed by atoms with Gasteiger partial charge in [0.05, 0.1) is 17.3 Å². The third-order valence-corrected chi connectivity index (χ3v) is 3.94. The minimum absolute atomic E-state index is 0.0893. The lowest BCUT2D eigenvalue weighted by atomic mass is 9.98. The van der Waals surface area contributed by atoms with Gasteiger partial charge in [-0.05, 0) is 30.9 Å². The predicted octanol–water partition coefficient (Wildman–Crippen LogP) is 3.79. The number of carbonyl (C=O) groups is 1.